The Labute approximate surface area is 175 Å². The normalized spacial score (nSPS) is 12.5. The van der Waals surface area contributed by atoms with Crippen molar-refractivity contribution in [2.45, 2.75) is 25.4 Å². The summed E-state index contributed by atoms with van der Waals surface area (Å²) in [5.74, 6) is -1.25. The molecule has 10 heteroatoms. The van der Waals surface area contributed by atoms with Gasteiger partial charge in [-0.1, -0.05) is 0 Å². The minimum atomic E-state index is -4.49. The molecule has 0 aromatic heterocycles. The number of ether oxygens (including phenoxy) is 1. The van der Waals surface area contributed by atoms with Crippen molar-refractivity contribution in [3.05, 3.63) is 56.0 Å². The Morgan fingerprint density at radius 2 is 1.75 bits per heavy atom. The number of carboxylic acids is 1. The van der Waals surface area contributed by atoms with E-state index in [9.17, 15) is 22.4 Å². The fourth-order valence-corrected chi connectivity index (χ4v) is 3.91. The van der Waals surface area contributed by atoms with Crippen molar-refractivity contribution in [2.75, 3.05) is 12.4 Å². The van der Waals surface area contributed by atoms with Crippen molar-refractivity contribution in [3.63, 3.8) is 0 Å². The van der Waals surface area contributed by atoms with Crippen LogP contribution in [0.15, 0.2) is 39.3 Å². The van der Waals surface area contributed by atoms with Gasteiger partial charge in [-0.3, -0.25) is 0 Å². The van der Waals surface area contributed by atoms with E-state index in [1.54, 1.807) is 0 Å². The second-order valence-corrected chi connectivity index (χ2v) is 7.56. The van der Waals surface area contributed by atoms with Gasteiger partial charge in [-0.15, -0.1) is 0 Å². The van der Waals surface area contributed by atoms with Crippen molar-refractivity contribution in [3.8, 4) is 5.75 Å². The van der Waals surface area contributed by atoms with Crippen LogP contribution in [0.5, 0.6) is 5.75 Å². The predicted molar refractivity (Wildman–Crippen MR) is 103 cm³/mol. The van der Waals surface area contributed by atoms with Gasteiger partial charge in [0.1, 0.15) is 12.4 Å². The van der Waals surface area contributed by atoms with Crippen LogP contribution >= 0.6 is 31.9 Å². The molecule has 1 atom stereocenters. The van der Waals surface area contributed by atoms with E-state index in [2.05, 4.69) is 37.2 Å². The number of halogens is 6. The number of anilines is 1. The van der Waals surface area contributed by atoms with Crippen molar-refractivity contribution in [1.29, 1.82) is 0 Å². The highest BCUT2D eigenvalue weighted by Crippen LogP contribution is 2.37. The highest BCUT2D eigenvalue weighted by Gasteiger charge is 2.31. The Morgan fingerprint density at radius 3 is 2.25 bits per heavy atom. The van der Waals surface area contributed by atoms with Crippen LogP contribution in [0.4, 0.5) is 23.2 Å². The molecule has 2 aromatic carbocycles. The lowest BCUT2D eigenvalue weighted by molar-refractivity contribution is -0.142. The van der Waals surface area contributed by atoms with Crippen LogP contribution in [0.2, 0.25) is 0 Å². The van der Waals surface area contributed by atoms with E-state index in [1.165, 1.54) is 25.2 Å². The number of hydrogen-bond donors (Lipinski definition) is 2. The molecule has 0 bridgehead atoms. The number of carboxylic acid groups (broad SMARTS) is 1. The van der Waals surface area contributed by atoms with E-state index in [0.29, 0.717) is 31.5 Å². The minimum Gasteiger partial charge on any atom is -0.487 e. The zero-order chi connectivity index (χ0) is 21.1. The van der Waals surface area contributed by atoms with Gasteiger partial charge < -0.3 is 15.2 Å². The molecule has 2 N–H and O–H groups in total. The second-order valence-electron chi connectivity index (χ2n) is 5.85. The molecule has 0 saturated heterocycles. The summed E-state index contributed by atoms with van der Waals surface area (Å²) in [6, 6.07) is 6.53. The summed E-state index contributed by atoms with van der Waals surface area (Å²) in [5.41, 5.74) is 0.216. The molecule has 0 heterocycles. The maximum absolute atomic E-state index is 13.4. The van der Waals surface area contributed by atoms with Gasteiger partial charge in [0.15, 0.2) is 0 Å². The number of alkyl halides is 4. The molecule has 0 spiro atoms. The summed E-state index contributed by atoms with van der Waals surface area (Å²) in [6.07, 6.45) is -6.86. The largest absolute Gasteiger partial charge is 0.487 e. The van der Waals surface area contributed by atoms with Crippen molar-refractivity contribution < 1.29 is 32.2 Å². The Morgan fingerprint density at radius 1 is 1.14 bits per heavy atom. The fourth-order valence-electron chi connectivity index (χ4n) is 2.40. The van der Waals surface area contributed by atoms with Gasteiger partial charge in [0, 0.05) is 19.2 Å². The molecule has 0 aliphatic rings. The van der Waals surface area contributed by atoms with Crippen molar-refractivity contribution in [2.24, 2.45) is 0 Å². The molecule has 28 heavy (non-hydrogen) atoms. The van der Waals surface area contributed by atoms with Gasteiger partial charge in [-0.05, 0) is 73.3 Å². The molecule has 0 fully saturated rings. The minimum absolute atomic E-state index is 0.143. The maximum atomic E-state index is 13.4. The van der Waals surface area contributed by atoms with Gasteiger partial charge in [-0.2, -0.15) is 13.2 Å². The molecular formula is C18H15Br2F4NO3. The molecule has 0 radical (unpaired) electrons. The van der Waals surface area contributed by atoms with Crippen LogP contribution in [0, 0.1) is 0 Å². The molecule has 2 aromatic rings. The van der Waals surface area contributed by atoms with E-state index in [1.807, 2.05) is 0 Å². The molecule has 0 aliphatic heterocycles. The fraction of sp³-hybridized carbons (Fsp3) is 0.278. The van der Waals surface area contributed by atoms with E-state index in [4.69, 9.17) is 9.84 Å². The number of rotatable bonds is 7. The summed E-state index contributed by atoms with van der Waals surface area (Å²) < 4.78 is 58.9. The van der Waals surface area contributed by atoms with E-state index < -0.39 is 23.9 Å². The number of nitrogens with one attached hydrogen (secondary N) is 1. The first-order valence-electron chi connectivity index (χ1n) is 7.87. The van der Waals surface area contributed by atoms with Gasteiger partial charge in [-0.25, -0.2) is 9.18 Å². The zero-order valence-corrected chi connectivity index (χ0v) is 17.6. The molecule has 0 aliphatic carbocycles. The summed E-state index contributed by atoms with van der Waals surface area (Å²) >= 11 is 6.51. The van der Waals surface area contributed by atoms with Crippen molar-refractivity contribution >= 4 is 43.5 Å². The molecule has 4 nitrogen and oxygen atoms in total. The number of benzene rings is 2. The molecule has 2 rings (SSSR count). The third kappa shape index (κ3) is 5.84. The lowest BCUT2D eigenvalue weighted by atomic mass is 10.1. The molecule has 1 unspecified atom stereocenters. The van der Waals surface area contributed by atoms with Crippen LogP contribution in [-0.4, -0.2) is 24.3 Å². The highest BCUT2D eigenvalue weighted by atomic mass is 79.9. The monoisotopic (exact) mass is 527 g/mol. The average molecular weight is 529 g/mol. The van der Waals surface area contributed by atoms with Crippen LogP contribution in [0.25, 0.3) is 0 Å². The number of hydrogen-bond acceptors (Lipinski definition) is 3. The third-order valence-electron chi connectivity index (χ3n) is 3.73. The lowest BCUT2D eigenvalue weighted by Crippen LogP contribution is -2.17. The Hall–Kier alpha value is -1.81. The first kappa shape index (κ1) is 22.5. The summed E-state index contributed by atoms with van der Waals surface area (Å²) in [6.45, 7) is -0.143. The molecular weight excluding hydrogens is 514 g/mol. The third-order valence-corrected chi connectivity index (χ3v) is 4.91. The maximum Gasteiger partial charge on any atom is 0.416 e. The van der Waals surface area contributed by atoms with E-state index >= 15 is 0 Å². The van der Waals surface area contributed by atoms with Gasteiger partial charge in [0.2, 0.25) is 6.17 Å². The highest BCUT2D eigenvalue weighted by molar-refractivity contribution is 9.11. The van der Waals surface area contributed by atoms with Gasteiger partial charge >= 0.3 is 12.1 Å². The van der Waals surface area contributed by atoms with Gasteiger partial charge in [0.25, 0.3) is 0 Å². The van der Waals surface area contributed by atoms with Crippen LogP contribution in [-0.2, 0) is 24.0 Å². The predicted octanol–water partition coefficient (Wildman–Crippen LogP) is 5.82. The summed E-state index contributed by atoms with van der Waals surface area (Å²) in [7, 11) is 1.52. The Balaban J connectivity index is 2.22. The molecule has 152 valence electrons. The number of aliphatic carboxylic acids is 1. The quantitative estimate of drug-likeness (QED) is 0.445. The first-order valence-corrected chi connectivity index (χ1v) is 9.46. The van der Waals surface area contributed by atoms with Crippen molar-refractivity contribution in [1.82, 2.24) is 0 Å². The SMILES string of the molecule is CNc1cc(COc2c(Br)cc(CC(F)C(=O)O)cc2Br)cc(C(F)(F)F)c1. The number of carbonyl (C=O) groups is 1. The lowest BCUT2D eigenvalue weighted by Gasteiger charge is -2.15. The van der Waals surface area contributed by atoms with Gasteiger partial charge in [0.05, 0.1) is 14.5 Å². The van der Waals surface area contributed by atoms with E-state index in [0.717, 1.165) is 12.1 Å². The summed E-state index contributed by atoms with van der Waals surface area (Å²) in [5, 5.41) is 11.3. The average Bonchev–Trinajstić information content (AvgIpc) is 2.59. The Bertz CT molecular complexity index is 851. The smallest absolute Gasteiger partial charge is 0.416 e. The molecule has 0 amide bonds. The first-order chi connectivity index (χ1) is 13.0. The Kier molecular flexibility index (Phi) is 7.33. The molecule has 0 saturated carbocycles. The van der Waals surface area contributed by atoms with Crippen LogP contribution < -0.4 is 10.1 Å². The van der Waals surface area contributed by atoms with Crippen LogP contribution in [0.3, 0.4) is 0 Å². The second kappa shape index (κ2) is 9.13. The standard InChI is InChI=1S/C18H15Br2F4NO3/c1-25-12-3-10(2-11(7-12)18(22,23)24)8-28-16-13(19)4-9(5-14(16)20)6-15(21)17(26)27/h2-5,7,15,25H,6,8H2,1H3,(H,26,27). The zero-order valence-electron chi connectivity index (χ0n) is 14.4. The van der Waals surface area contributed by atoms with E-state index in [-0.39, 0.29) is 13.0 Å². The summed E-state index contributed by atoms with van der Waals surface area (Å²) in [4.78, 5) is 10.6. The van der Waals surface area contributed by atoms with Crippen LogP contribution in [0.1, 0.15) is 16.7 Å². The topological polar surface area (TPSA) is 58.6 Å².